The number of nitrogens with zero attached hydrogens (tertiary/aromatic N) is 1. The summed E-state index contributed by atoms with van der Waals surface area (Å²) in [5, 5.41) is 22.4. The summed E-state index contributed by atoms with van der Waals surface area (Å²) in [5.74, 6) is -0.409. The van der Waals surface area contributed by atoms with Crippen LogP contribution in [0.4, 0.5) is 11.4 Å². The Morgan fingerprint density at radius 1 is 1.24 bits per heavy atom. The molecule has 0 unspecified atom stereocenters. The van der Waals surface area contributed by atoms with Crippen molar-refractivity contribution >= 4 is 17.3 Å². The minimum absolute atomic E-state index is 0.0712. The molecule has 0 aromatic heterocycles. The lowest BCUT2D eigenvalue weighted by Gasteiger charge is -2.08. The fourth-order valence-corrected chi connectivity index (χ4v) is 1.86. The maximum absolute atomic E-state index is 12.2. The van der Waals surface area contributed by atoms with E-state index in [1.54, 1.807) is 37.3 Å². The van der Waals surface area contributed by atoms with Crippen molar-refractivity contribution in [3.8, 4) is 0 Å². The maximum Gasteiger partial charge on any atom is 0.270 e. The zero-order valence-corrected chi connectivity index (χ0v) is 11.4. The maximum atomic E-state index is 12.2. The summed E-state index contributed by atoms with van der Waals surface area (Å²) in [4.78, 5) is 22.4. The number of benzene rings is 2. The lowest BCUT2D eigenvalue weighted by molar-refractivity contribution is -0.384. The number of aliphatic hydroxyl groups is 1. The molecule has 2 aromatic carbocycles. The van der Waals surface area contributed by atoms with Crippen molar-refractivity contribution in [2.24, 2.45) is 0 Å². The Morgan fingerprint density at radius 2 is 1.90 bits per heavy atom. The molecule has 0 saturated heterocycles. The van der Waals surface area contributed by atoms with Crippen LogP contribution in [0.3, 0.4) is 0 Å². The van der Waals surface area contributed by atoms with Crippen LogP contribution in [0.2, 0.25) is 0 Å². The average Bonchev–Trinajstić information content (AvgIpc) is 2.48. The molecule has 0 fully saturated rings. The second kappa shape index (κ2) is 6.15. The molecule has 108 valence electrons. The number of amides is 1. The van der Waals surface area contributed by atoms with Crippen molar-refractivity contribution in [2.75, 3.05) is 5.32 Å². The predicted molar refractivity (Wildman–Crippen MR) is 78.2 cm³/mol. The SMILES string of the molecule is Cc1ccc([N+](=O)[O-])cc1C(=O)Nc1ccc(CO)cc1. The van der Waals surface area contributed by atoms with Crippen molar-refractivity contribution in [2.45, 2.75) is 13.5 Å². The van der Waals surface area contributed by atoms with Crippen molar-refractivity contribution in [1.82, 2.24) is 0 Å². The average molecular weight is 286 g/mol. The zero-order chi connectivity index (χ0) is 15.4. The molecule has 0 radical (unpaired) electrons. The number of hydrogen-bond donors (Lipinski definition) is 2. The van der Waals surface area contributed by atoms with E-state index in [9.17, 15) is 14.9 Å². The zero-order valence-electron chi connectivity index (χ0n) is 11.4. The van der Waals surface area contributed by atoms with Crippen LogP contribution < -0.4 is 5.32 Å². The third-order valence-corrected chi connectivity index (χ3v) is 3.07. The predicted octanol–water partition coefficient (Wildman–Crippen LogP) is 2.65. The van der Waals surface area contributed by atoms with E-state index in [2.05, 4.69) is 5.32 Å². The minimum Gasteiger partial charge on any atom is -0.392 e. The molecule has 0 bridgehead atoms. The fourth-order valence-electron chi connectivity index (χ4n) is 1.86. The number of nitro groups is 1. The first-order valence-corrected chi connectivity index (χ1v) is 6.27. The molecule has 0 atom stereocenters. The summed E-state index contributed by atoms with van der Waals surface area (Å²) in [5.41, 5.74) is 2.09. The van der Waals surface area contributed by atoms with Crippen LogP contribution in [0.25, 0.3) is 0 Å². The number of aliphatic hydroxyl groups excluding tert-OH is 1. The van der Waals surface area contributed by atoms with E-state index in [4.69, 9.17) is 5.11 Å². The van der Waals surface area contributed by atoms with Gasteiger partial charge in [0.15, 0.2) is 0 Å². The van der Waals surface area contributed by atoms with Crippen LogP contribution in [-0.4, -0.2) is 15.9 Å². The van der Waals surface area contributed by atoms with Gasteiger partial charge in [0, 0.05) is 23.4 Å². The Kier molecular flexibility index (Phi) is 4.30. The van der Waals surface area contributed by atoms with Gasteiger partial charge < -0.3 is 10.4 Å². The molecule has 1 amide bonds. The minimum atomic E-state index is -0.535. The second-order valence-electron chi connectivity index (χ2n) is 4.57. The second-order valence-corrected chi connectivity index (χ2v) is 4.57. The number of hydrogen-bond acceptors (Lipinski definition) is 4. The molecule has 6 nitrogen and oxygen atoms in total. The standard InChI is InChI=1S/C15H14N2O4/c1-10-2-7-13(17(20)21)8-14(10)15(19)16-12-5-3-11(9-18)4-6-12/h2-8,18H,9H2,1H3,(H,16,19). The molecule has 0 heterocycles. The van der Waals surface area contributed by atoms with Gasteiger partial charge in [-0.25, -0.2) is 0 Å². The molecule has 2 rings (SSSR count). The summed E-state index contributed by atoms with van der Waals surface area (Å²) < 4.78 is 0. The quantitative estimate of drug-likeness (QED) is 0.667. The third-order valence-electron chi connectivity index (χ3n) is 3.07. The number of anilines is 1. The molecule has 0 saturated carbocycles. The van der Waals surface area contributed by atoms with E-state index in [-0.39, 0.29) is 17.9 Å². The van der Waals surface area contributed by atoms with E-state index in [0.29, 0.717) is 11.3 Å². The van der Waals surface area contributed by atoms with Crippen molar-refractivity contribution < 1.29 is 14.8 Å². The van der Waals surface area contributed by atoms with Gasteiger partial charge in [-0.3, -0.25) is 14.9 Å². The van der Waals surface area contributed by atoms with E-state index in [0.717, 1.165) is 5.56 Å². The van der Waals surface area contributed by atoms with Crippen LogP contribution >= 0.6 is 0 Å². The molecule has 2 aromatic rings. The van der Waals surface area contributed by atoms with Crippen LogP contribution in [0.1, 0.15) is 21.5 Å². The molecule has 0 spiro atoms. The summed E-state index contributed by atoms with van der Waals surface area (Å²) in [6, 6.07) is 10.9. The topological polar surface area (TPSA) is 92.5 Å². The molecular weight excluding hydrogens is 272 g/mol. The van der Waals surface area contributed by atoms with Crippen LogP contribution in [0, 0.1) is 17.0 Å². The monoisotopic (exact) mass is 286 g/mol. The highest BCUT2D eigenvalue weighted by Crippen LogP contribution is 2.19. The smallest absolute Gasteiger partial charge is 0.270 e. The Hall–Kier alpha value is -2.73. The van der Waals surface area contributed by atoms with Crippen LogP contribution in [-0.2, 0) is 6.61 Å². The normalized spacial score (nSPS) is 10.2. The summed E-state index contributed by atoms with van der Waals surface area (Å²) >= 11 is 0. The molecule has 6 heteroatoms. The summed E-state index contributed by atoms with van der Waals surface area (Å²) in [7, 11) is 0. The van der Waals surface area contributed by atoms with Gasteiger partial charge in [0.25, 0.3) is 11.6 Å². The van der Waals surface area contributed by atoms with Gasteiger partial charge in [-0.05, 0) is 30.2 Å². The fraction of sp³-hybridized carbons (Fsp3) is 0.133. The number of nitro benzene ring substituents is 1. The first kappa shape index (κ1) is 14.7. The van der Waals surface area contributed by atoms with Crippen LogP contribution in [0.5, 0.6) is 0 Å². The van der Waals surface area contributed by atoms with Gasteiger partial charge >= 0.3 is 0 Å². The van der Waals surface area contributed by atoms with Crippen molar-refractivity contribution in [1.29, 1.82) is 0 Å². The number of aryl methyl sites for hydroxylation is 1. The van der Waals surface area contributed by atoms with Gasteiger partial charge in [0.05, 0.1) is 11.5 Å². The Morgan fingerprint density at radius 3 is 2.48 bits per heavy atom. The Labute approximate surface area is 121 Å². The Bertz CT molecular complexity index is 681. The Balaban J connectivity index is 2.23. The van der Waals surface area contributed by atoms with Gasteiger partial charge in [0.1, 0.15) is 0 Å². The highest BCUT2D eigenvalue weighted by Gasteiger charge is 2.14. The third kappa shape index (κ3) is 3.43. The summed E-state index contributed by atoms with van der Waals surface area (Å²) in [6.07, 6.45) is 0. The molecule has 21 heavy (non-hydrogen) atoms. The molecule has 0 aliphatic rings. The highest BCUT2D eigenvalue weighted by atomic mass is 16.6. The van der Waals surface area contributed by atoms with E-state index in [1.807, 2.05) is 0 Å². The van der Waals surface area contributed by atoms with Crippen LogP contribution in [0.15, 0.2) is 42.5 Å². The first-order valence-electron chi connectivity index (χ1n) is 6.27. The number of non-ortho nitro benzene ring substituents is 1. The van der Waals surface area contributed by atoms with E-state index >= 15 is 0 Å². The molecular formula is C15H14N2O4. The molecule has 0 aliphatic heterocycles. The van der Waals surface area contributed by atoms with Crippen molar-refractivity contribution in [3.05, 3.63) is 69.3 Å². The molecule has 2 N–H and O–H groups in total. The summed E-state index contributed by atoms with van der Waals surface area (Å²) in [6.45, 7) is 1.64. The van der Waals surface area contributed by atoms with Gasteiger partial charge in [-0.2, -0.15) is 0 Å². The van der Waals surface area contributed by atoms with Crippen molar-refractivity contribution in [3.63, 3.8) is 0 Å². The lowest BCUT2D eigenvalue weighted by Crippen LogP contribution is -2.13. The van der Waals surface area contributed by atoms with E-state index in [1.165, 1.54) is 12.1 Å². The molecule has 0 aliphatic carbocycles. The van der Waals surface area contributed by atoms with Gasteiger partial charge in [0.2, 0.25) is 0 Å². The lowest BCUT2D eigenvalue weighted by atomic mass is 10.1. The first-order chi connectivity index (χ1) is 10.0. The number of carbonyl (C=O) groups is 1. The van der Waals surface area contributed by atoms with Gasteiger partial charge in [-0.15, -0.1) is 0 Å². The number of nitrogens with one attached hydrogen (secondary N) is 1. The largest absolute Gasteiger partial charge is 0.392 e. The van der Waals surface area contributed by atoms with Gasteiger partial charge in [-0.1, -0.05) is 18.2 Å². The van der Waals surface area contributed by atoms with E-state index < -0.39 is 10.8 Å². The number of rotatable bonds is 4. The highest BCUT2D eigenvalue weighted by molar-refractivity contribution is 6.05. The number of carbonyl (C=O) groups excluding carboxylic acids is 1.